The fourth-order valence-corrected chi connectivity index (χ4v) is 4.84. The lowest BCUT2D eigenvalue weighted by atomic mass is 10.2. The van der Waals surface area contributed by atoms with Crippen LogP contribution in [-0.4, -0.2) is 74.3 Å². The molecule has 0 aliphatic carbocycles. The van der Waals surface area contributed by atoms with E-state index in [-0.39, 0.29) is 24.3 Å². The van der Waals surface area contributed by atoms with Gasteiger partial charge in [-0.15, -0.1) is 20.8 Å². The van der Waals surface area contributed by atoms with Crippen LogP contribution in [0, 0.1) is 11.6 Å². The number of nitrogens with one attached hydrogen (secondary N) is 3. The van der Waals surface area contributed by atoms with Crippen molar-refractivity contribution in [2.24, 2.45) is 5.73 Å². The molecule has 0 bridgehead atoms. The Bertz CT molecular complexity index is 1790. The first kappa shape index (κ1) is 47.6. The van der Waals surface area contributed by atoms with Gasteiger partial charge in [0, 0.05) is 31.9 Å². The van der Waals surface area contributed by atoms with Gasteiger partial charge in [0.15, 0.2) is 24.0 Å². The molecule has 0 aliphatic heterocycles. The van der Waals surface area contributed by atoms with Gasteiger partial charge in [0.25, 0.3) is 0 Å². The van der Waals surface area contributed by atoms with Gasteiger partial charge in [-0.25, -0.2) is 43.0 Å². The summed E-state index contributed by atoms with van der Waals surface area (Å²) in [4.78, 5) is 39.3. The van der Waals surface area contributed by atoms with E-state index in [4.69, 9.17) is 15.2 Å². The van der Waals surface area contributed by atoms with Gasteiger partial charge in [-0.2, -0.15) is 17.9 Å². The highest BCUT2D eigenvalue weighted by atomic mass is 35.5. The van der Waals surface area contributed by atoms with Gasteiger partial charge in [0.2, 0.25) is 0 Å². The minimum Gasteiger partial charge on any atom is -0.443 e. The molecule has 0 saturated carbocycles. The zero-order chi connectivity index (χ0) is 39.4. The normalized spacial score (nSPS) is 12.6. The average Bonchev–Trinajstić information content (AvgIpc) is 2.95. The number of amides is 2. The first-order chi connectivity index (χ1) is 23.2. The summed E-state index contributed by atoms with van der Waals surface area (Å²) in [7, 11) is -4.48. The molecule has 23 heteroatoms. The molecule has 0 saturated heterocycles. The summed E-state index contributed by atoms with van der Waals surface area (Å²) < 4.78 is 88.5. The number of pyridine rings is 1. The van der Waals surface area contributed by atoms with Gasteiger partial charge in [-0.05, 0) is 55.4 Å². The van der Waals surface area contributed by atoms with Crippen LogP contribution in [0.25, 0.3) is 0 Å². The van der Waals surface area contributed by atoms with Crippen molar-refractivity contribution < 1.29 is 48.7 Å². The third-order valence-electron chi connectivity index (χ3n) is 5.21. The average molecular weight is 800 g/mol. The van der Waals surface area contributed by atoms with Gasteiger partial charge in [-0.1, -0.05) is 3.97 Å². The van der Waals surface area contributed by atoms with Gasteiger partial charge in [0.05, 0.1) is 36.9 Å². The maximum atomic E-state index is 12.7. The van der Waals surface area contributed by atoms with Crippen LogP contribution in [0.5, 0.6) is 0 Å². The van der Waals surface area contributed by atoms with E-state index in [1.165, 1.54) is 19.3 Å². The maximum Gasteiger partial charge on any atom is 0.474 e. The molecule has 52 heavy (non-hydrogen) atoms. The smallest absolute Gasteiger partial charge is 0.443 e. The molecular weight excluding hydrogens is 754 g/mol. The van der Waals surface area contributed by atoms with E-state index in [2.05, 4.69) is 24.7 Å². The first-order valence-electron chi connectivity index (χ1n) is 14.9. The standard InChI is InChI=1S/C12H19N3O4S.C11H17FN4O4S.C6H8FN3.ClH/c1-12(2,3)19-11(16)13-20(17,18)15-8-6-10(7-9-15)14(4)5;1-7(9-13-5-8(12)6-14-9)15-21(18,19)16-10(17)20-11(2,3)4;1-4(8)6-9-2-5(7)3-10-6;/h6-9H,1-5H3;5-7,15H,1-4H3,(H,16,17);2-4H,8H2,1H3;1H/p+1/t;7-;4-;/m.01./s1. The number of carbonyl (C=O) groups excluding carboxylic acids is 2. The number of anilines is 1. The fraction of sp³-hybridized carbons (Fsp3) is 0.483. The second-order valence-electron chi connectivity index (χ2n) is 12.6. The lowest BCUT2D eigenvalue weighted by molar-refractivity contribution is -0.512. The number of ether oxygens (including phenoxy) is 2. The zero-order valence-corrected chi connectivity index (χ0v) is 32.7. The summed E-state index contributed by atoms with van der Waals surface area (Å²) >= 11 is 0. The molecule has 0 spiro atoms. The van der Waals surface area contributed by atoms with Crippen molar-refractivity contribution in [2.45, 2.75) is 78.7 Å². The summed E-state index contributed by atoms with van der Waals surface area (Å²) in [5, 5.41) is 0. The van der Waals surface area contributed by atoms with E-state index in [1.54, 1.807) is 65.3 Å². The molecule has 3 rings (SSSR count). The maximum absolute atomic E-state index is 12.7. The molecule has 292 valence electrons. The number of carbonyl (C=O) groups is 2. The van der Waals surface area contributed by atoms with Crippen molar-refractivity contribution in [3.8, 4) is 0 Å². The number of hydrogen-bond donors (Lipinski definition) is 4. The quantitative estimate of drug-likeness (QED) is 0.240. The second-order valence-corrected chi connectivity index (χ2v) is 15.7. The van der Waals surface area contributed by atoms with Crippen LogP contribution in [0.1, 0.15) is 79.1 Å². The lowest BCUT2D eigenvalue weighted by Crippen LogP contribution is -2.52. The number of rotatable bonds is 8. The molecule has 5 N–H and O–H groups in total. The van der Waals surface area contributed by atoms with Crippen molar-refractivity contribution in [2.75, 3.05) is 19.0 Å². The van der Waals surface area contributed by atoms with E-state index in [1.807, 2.05) is 23.7 Å². The Morgan fingerprint density at radius 3 is 1.54 bits per heavy atom. The number of nitrogens with two attached hydrogens (primary N) is 1. The van der Waals surface area contributed by atoms with Gasteiger partial charge in [-0.3, -0.25) is 0 Å². The molecule has 2 atom stereocenters. The summed E-state index contributed by atoms with van der Waals surface area (Å²) in [6.07, 6.45) is 4.61. The molecule has 0 aliphatic rings. The lowest BCUT2D eigenvalue weighted by Gasteiger charge is -2.20. The van der Waals surface area contributed by atoms with E-state index in [9.17, 15) is 35.2 Å². The van der Waals surface area contributed by atoms with Crippen LogP contribution in [-0.2, 0) is 29.9 Å². The molecular formula is C29H46ClF2N10O8S2+. The van der Waals surface area contributed by atoms with Crippen molar-refractivity contribution in [1.82, 2.24) is 34.1 Å². The van der Waals surface area contributed by atoms with Crippen molar-refractivity contribution in [3.05, 3.63) is 72.6 Å². The van der Waals surface area contributed by atoms with Crippen LogP contribution in [0.2, 0.25) is 0 Å². The molecule has 3 aromatic heterocycles. The van der Waals surface area contributed by atoms with Crippen LogP contribution >= 0.6 is 12.4 Å². The summed E-state index contributed by atoms with van der Waals surface area (Å²) in [5.74, 6) is -0.558. The van der Waals surface area contributed by atoms with Crippen molar-refractivity contribution >= 4 is 50.7 Å². The second kappa shape index (κ2) is 20.0. The molecule has 0 aromatic carbocycles. The zero-order valence-electron chi connectivity index (χ0n) is 30.3. The minimum atomic E-state index is -4.16. The van der Waals surface area contributed by atoms with Gasteiger partial charge < -0.3 is 20.1 Å². The number of hydrogen-bond acceptors (Lipinski definition) is 14. The largest absolute Gasteiger partial charge is 0.474 e. The van der Waals surface area contributed by atoms with Crippen LogP contribution in [0.15, 0.2) is 49.3 Å². The van der Waals surface area contributed by atoms with Crippen LogP contribution in [0.3, 0.4) is 0 Å². The SMILES string of the molecule is CN(C)c1cc[n+](S(=O)(=O)NC(=O)OC(C)(C)C)cc1.C[C@@H](N)c1ncc(F)cn1.C[C@H](NS(=O)(=O)NC(=O)OC(C)(C)C)c1ncc(F)cn1.Cl. The van der Waals surface area contributed by atoms with E-state index in [0.29, 0.717) is 5.82 Å². The summed E-state index contributed by atoms with van der Waals surface area (Å²) in [5.41, 5.74) is 4.66. The Labute approximate surface area is 308 Å². The summed E-state index contributed by atoms with van der Waals surface area (Å²) in [6, 6.07) is 2.15. The van der Waals surface area contributed by atoms with Gasteiger partial charge in [0.1, 0.15) is 22.9 Å². The van der Waals surface area contributed by atoms with Gasteiger partial charge >= 0.3 is 32.6 Å². The number of aromatic nitrogens is 5. The highest BCUT2D eigenvalue weighted by molar-refractivity contribution is 7.88. The minimum absolute atomic E-state index is 0. The predicted molar refractivity (Wildman–Crippen MR) is 188 cm³/mol. The first-order valence-corrected chi connectivity index (χ1v) is 17.8. The Morgan fingerprint density at radius 2 is 1.17 bits per heavy atom. The molecule has 3 heterocycles. The van der Waals surface area contributed by atoms with E-state index in [0.717, 1.165) is 34.4 Å². The third-order valence-corrected chi connectivity index (χ3v) is 7.54. The Hall–Kier alpha value is -4.38. The predicted octanol–water partition coefficient (Wildman–Crippen LogP) is 2.75. The molecule has 0 unspecified atom stereocenters. The Kier molecular flexibility index (Phi) is 18.3. The summed E-state index contributed by atoms with van der Waals surface area (Å²) in [6.45, 7) is 12.9. The molecule has 2 amide bonds. The molecule has 18 nitrogen and oxygen atoms in total. The number of nitrogens with zero attached hydrogens (tertiary/aromatic N) is 6. The highest BCUT2D eigenvalue weighted by Gasteiger charge is 2.28. The Morgan fingerprint density at radius 1 is 0.788 bits per heavy atom. The highest BCUT2D eigenvalue weighted by Crippen LogP contribution is 2.10. The Balaban J connectivity index is 0.000000786. The van der Waals surface area contributed by atoms with Crippen molar-refractivity contribution in [3.63, 3.8) is 0 Å². The van der Waals surface area contributed by atoms with Crippen LogP contribution in [0.4, 0.5) is 24.1 Å². The molecule has 3 aromatic rings. The number of halogens is 3. The fourth-order valence-electron chi connectivity index (χ4n) is 3.15. The molecule has 0 fully saturated rings. The van der Waals surface area contributed by atoms with Crippen LogP contribution < -0.4 is 28.8 Å². The topological polar surface area (TPSA) is 242 Å². The van der Waals surface area contributed by atoms with E-state index >= 15 is 0 Å². The molecule has 0 radical (unpaired) electrons. The monoisotopic (exact) mass is 799 g/mol. The third kappa shape index (κ3) is 19.3. The van der Waals surface area contributed by atoms with E-state index < -0.39 is 61.5 Å². The van der Waals surface area contributed by atoms with Crippen molar-refractivity contribution in [1.29, 1.82) is 0 Å².